The van der Waals surface area contributed by atoms with Crippen molar-refractivity contribution in [3.05, 3.63) is 52.0 Å². The monoisotopic (exact) mass is 305 g/mol. The number of hydrogen-bond donors (Lipinski definition) is 1. The van der Waals surface area contributed by atoms with Gasteiger partial charge in [-0.05, 0) is 37.6 Å². The van der Waals surface area contributed by atoms with Crippen LogP contribution in [0.25, 0.3) is 0 Å². The van der Waals surface area contributed by atoms with Crippen LogP contribution in [0.15, 0.2) is 35.1 Å². The summed E-state index contributed by atoms with van der Waals surface area (Å²) in [6.07, 6.45) is 3.03. The third kappa shape index (κ3) is 2.92. The van der Waals surface area contributed by atoms with Crippen LogP contribution in [-0.2, 0) is 0 Å². The lowest BCUT2D eigenvalue weighted by Crippen LogP contribution is -2.13. The fraction of sp³-hybridized carbons (Fsp3) is 0.154. The number of rotatable bonds is 2. The van der Waals surface area contributed by atoms with Crippen molar-refractivity contribution < 1.29 is 4.79 Å². The van der Waals surface area contributed by atoms with E-state index in [-0.39, 0.29) is 5.91 Å². The van der Waals surface area contributed by atoms with E-state index in [0.717, 1.165) is 15.7 Å². The number of carbonyl (C=O) groups is 1. The van der Waals surface area contributed by atoms with Crippen molar-refractivity contribution in [2.24, 2.45) is 0 Å². The maximum absolute atomic E-state index is 11.9. The number of amides is 1. The third-order valence-corrected chi connectivity index (χ3v) is 3.35. The van der Waals surface area contributed by atoms with Crippen molar-refractivity contribution in [1.82, 2.24) is 9.97 Å². The first kappa shape index (κ1) is 12.7. The third-order valence-electron chi connectivity index (χ3n) is 2.46. The molecule has 92 valence electrons. The highest BCUT2D eigenvalue weighted by Crippen LogP contribution is 2.20. The SMILES string of the molecule is Cc1ncc(C(=O)Nc2ccc(Br)c(C)c2)cn1. The van der Waals surface area contributed by atoms with Crippen LogP contribution in [0.4, 0.5) is 5.69 Å². The lowest BCUT2D eigenvalue weighted by Gasteiger charge is -2.06. The molecule has 0 saturated heterocycles. The maximum atomic E-state index is 11.9. The van der Waals surface area contributed by atoms with Crippen molar-refractivity contribution in [1.29, 1.82) is 0 Å². The van der Waals surface area contributed by atoms with Crippen LogP contribution in [0.2, 0.25) is 0 Å². The average Bonchev–Trinajstić information content (AvgIpc) is 2.34. The largest absolute Gasteiger partial charge is 0.322 e. The zero-order valence-corrected chi connectivity index (χ0v) is 11.7. The van der Waals surface area contributed by atoms with Gasteiger partial charge in [0.2, 0.25) is 0 Å². The Kier molecular flexibility index (Phi) is 3.72. The van der Waals surface area contributed by atoms with Crippen molar-refractivity contribution in [2.75, 3.05) is 5.32 Å². The molecule has 4 nitrogen and oxygen atoms in total. The van der Waals surface area contributed by atoms with Gasteiger partial charge in [0.25, 0.3) is 5.91 Å². The van der Waals surface area contributed by atoms with E-state index in [0.29, 0.717) is 11.4 Å². The normalized spacial score (nSPS) is 10.2. The van der Waals surface area contributed by atoms with Crippen LogP contribution in [0.1, 0.15) is 21.7 Å². The summed E-state index contributed by atoms with van der Waals surface area (Å²) < 4.78 is 1.01. The molecule has 1 N–H and O–H groups in total. The van der Waals surface area contributed by atoms with E-state index in [9.17, 15) is 4.79 Å². The van der Waals surface area contributed by atoms with Crippen molar-refractivity contribution >= 4 is 27.5 Å². The number of carbonyl (C=O) groups excluding carboxylic acids is 1. The molecule has 0 aliphatic rings. The lowest BCUT2D eigenvalue weighted by molar-refractivity contribution is 0.102. The molecule has 0 saturated carbocycles. The molecule has 0 fully saturated rings. The summed E-state index contributed by atoms with van der Waals surface area (Å²) in [6.45, 7) is 3.74. The molecular formula is C13H12BrN3O. The zero-order valence-electron chi connectivity index (χ0n) is 10.1. The minimum absolute atomic E-state index is 0.211. The number of anilines is 1. The predicted molar refractivity (Wildman–Crippen MR) is 73.6 cm³/mol. The van der Waals surface area contributed by atoms with E-state index in [1.54, 1.807) is 6.92 Å². The molecule has 1 aromatic carbocycles. The van der Waals surface area contributed by atoms with E-state index < -0.39 is 0 Å². The Morgan fingerprint density at radius 3 is 2.50 bits per heavy atom. The fourth-order valence-electron chi connectivity index (χ4n) is 1.44. The van der Waals surface area contributed by atoms with Gasteiger partial charge in [-0.15, -0.1) is 0 Å². The van der Waals surface area contributed by atoms with E-state index in [1.807, 2.05) is 25.1 Å². The molecule has 0 atom stereocenters. The van der Waals surface area contributed by atoms with Gasteiger partial charge in [-0.1, -0.05) is 15.9 Å². The van der Waals surface area contributed by atoms with Crippen molar-refractivity contribution in [3.63, 3.8) is 0 Å². The molecule has 0 aliphatic heterocycles. The van der Waals surface area contributed by atoms with Gasteiger partial charge in [0.05, 0.1) is 5.56 Å². The van der Waals surface area contributed by atoms with Gasteiger partial charge in [-0.3, -0.25) is 4.79 Å². The highest BCUT2D eigenvalue weighted by Gasteiger charge is 2.07. The van der Waals surface area contributed by atoms with Crippen LogP contribution in [0, 0.1) is 13.8 Å². The second kappa shape index (κ2) is 5.27. The first-order chi connectivity index (χ1) is 8.56. The first-order valence-corrected chi connectivity index (χ1v) is 6.22. The number of nitrogens with one attached hydrogen (secondary N) is 1. The molecule has 0 unspecified atom stereocenters. The minimum Gasteiger partial charge on any atom is -0.322 e. The highest BCUT2D eigenvalue weighted by molar-refractivity contribution is 9.10. The van der Waals surface area contributed by atoms with E-state index >= 15 is 0 Å². The van der Waals surface area contributed by atoms with Gasteiger partial charge in [0.1, 0.15) is 5.82 Å². The highest BCUT2D eigenvalue weighted by atomic mass is 79.9. The molecule has 1 aromatic heterocycles. The van der Waals surface area contributed by atoms with E-state index in [4.69, 9.17) is 0 Å². The van der Waals surface area contributed by atoms with Gasteiger partial charge in [0.15, 0.2) is 0 Å². The Hall–Kier alpha value is -1.75. The molecule has 0 aliphatic carbocycles. The van der Waals surface area contributed by atoms with Crippen LogP contribution in [-0.4, -0.2) is 15.9 Å². The molecule has 1 heterocycles. The molecule has 1 amide bonds. The Morgan fingerprint density at radius 1 is 1.22 bits per heavy atom. The molecular weight excluding hydrogens is 294 g/mol. The maximum Gasteiger partial charge on any atom is 0.258 e. The second-order valence-corrected chi connectivity index (χ2v) is 4.79. The van der Waals surface area contributed by atoms with E-state index in [1.165, 1.54) is 12.4 Å². The fourth-order valence-corrected chi connectivity index (χ4v) is 1.68. The van der Waals surface area contributed by atoms with Crippen molar-refractivity contribution in [3.8, 4) is 0 Å². The summed E-state index contributed by atoms with van der Waals surface area (Å²) in [5.74, 6) is 0.433. The Bertz CT molecular complexity index is 581. The Labute approximate surface area is 114 Å². The number of aromatic nitrogens is 2. The summed E-state index contributed by atoms with van der Waals surface area (Å²) in [7, 11) is 0. The van der Waals surface area contributed by atoms with Gasteiger partial charge in [-0.2, -0.15) is 0 Å². The molecule has 5 heteroatoms. The van der Waals surface area contributed by atoms with Crippen LogP contribution in [0.5, 0.6) is 0 Å². The zero-order chi connectivity index (χ0) is 13.1. The molecule has 0 bridgehead atoms. The number of aryl methyl sites for hydroxylation is 2. The minimum atomic E-state index is -0.211. The summed E-state index contributed by atoms with van der Waals surface area (Å²) in [6, 6.07) is 5.64. The van der Waals surface area contributed by atoms with Gasteiger partial charge >= 0.3 is 0 Å². The smallest absolute Gasteiger partial charge is 0.258 e. The van der Waals surface area contributed by atoms with Gasteiger partial charge < -0.3 is 5.32 Å². The quantitative estimate of drug-likeness (QED) is 0.927. The molecule has 0 spiro atoms. The standard InChI is InChI=1S/C13H12BrN3O/c1-8-5-11(3-4-12(8)14)17-13(18)10-6-15-9(2)16-7-10/h3-7H,1-2H3,(H,17,18). The molecule has 2 aromatic rings. The van der Waals surface area contributed by atoms with Crippen LogP contribution in [0.3, 0.4) is 0 Å². The van der Waals surface area contributed by atoms with Gasteiger partial charge in [-0.25, -0.2) is 9.97 Å². The predicted octanol–water partition coefficient (Wildman–Crippen LogP) is 3.11. The molecule has 18 heavy (non-hydrogen) atoms. The summed E-state index contributed by atoms with van der Waals surface area (Å²) in [4.78, 5) is 19.9. The Morgan fingerprint density at radius 2 is 1.89 bits per heavy atom. The van der Waals surface area contributed by atoms with Crippen LogP contribution >= 0.6 is 15.9 Å². The summed E-state index contributed by atoms with van der Waals surface area (Å²) >= 11 is 3.42. The molecule has 2 rings (SSSR count). The topological polar surface area (TPSA) is 54.9 Å². The molecule has 0 radical (unpaired) electrons. The van der Waals surface area contributed by atoms with Gasteiger partial charge in [0, 0.05) is 22.6 Å². The second-order valence-electron chi connectivity index (χ2n) is 3.94. The van der Waals surface area contributed by atoms with Crippen molar-refractivity contribution in [2.45, 2.75) is 13.8 Å². The first-order valence-electron chi connectivity index (χ1n) is 5.42. The van der Waals surface area contributed by atoms with Crippen LogP contribution < -0.4 is 5.32 Å². The number of halogens is 1. The number of benzene rings is 1. The van der Waals surface area contributed by atoms with E-state index in [2.05, 4.69) is 31.2 Å². The number of hydrogen-bond acceptors (Lipinski definition) is 3. The number of nitrogens with zero attached hydrogens (tertiary/aromatic N) is 2. The summed E-state index contributed by atoms with van der Waals surface area (Å²) in [5, 5.41) is 2.81. The summed E-state index contributed by atoms with van der Waals surface area (Å²) in [5.41, 5.74) is 2.26. The average molecular weight is 306 g/mol. The lowest BCUT2D eigenvalue weighted by atomic mass is 10.2. The Balaban J connectivity index is 2.16.